The molecule has 0 aromatic carbocycles. The van der Waals surface area contributed by atoms with Crippen molar-refractivity contribution in [1.82, 2.24) is 0 Å². The average molecular weight is 202 g/mol. The first-order valence-electron chi connectivity index (χ1n) is 3.19. The molecular formula is C4H12O5P2. The van der Waals surface area contributed by atoms with Gasteiger partial charge in [-0.2, -0.15) is 0 Å². The Morgan fingerprint density at radius 1 is 1.45 bits per heavy atom. The third-order valence-corrected chi connectivity index (χ3v) is 4.57. The van der Waals surface area contributed by atoms with Crippen molar-refractivity contribution >= 4 is 15.0 Å². The van der Waals surface area contributed by atoms with Crippen LogP contribution in [0.25, 0.3) is 0 Å². The highest BCUT2D eigenvalue weighted by molar-refractivity contribution is 8.20. The average Bonchev–Trinajstić information content (AvgIpc) is 1.88. The largest absolute Gasteiger partial charge is 0.407 e. The summed E-state index contributed by atoms with van der Waals surface area (Å²) >= 11 is 0. The normalized spacial score (nSPS) is 19.2. The summed E-state index contributed by atoms with van der Waals surface area (Å²) in [6.45, 7) is 3.34. The summed E-state index contributed by atoms with van der Waals surface area (Å²) in [5, 5.41) is 0. The summed E-state index contributed by atoms with van der Waals surface area (Å²) in [7, 11) is -6.92. The second-order valence-corrected chi connectivity index (χ2v) is 6.55. The summed E-state index contributed by atoms with van der Waals surface area (Å²) in [5.41, 5.74) is 0. The van der Waals surface area contributed by atoms with E-state index in [1.54, 1.807) is 13.8 Å². The van der Waals surface area contributed by atoms with E-state index in [1.807, 2.05) is 0 Å². The van der Waals surface area contributed by atoms with E-state index in [-0.39, 0.29) is 13.2 Å². The van der Waals surface area contributed by atoms with Crippen LogP contribution in [0.15, 0.2) is 0 Å². The van der Waals surface area contributed by atoms with Crippen molar-refractivity contribution in [1.29, 1.82) is 0 Å². The lowest BCUT2D eigenvalue weighted by molar-refractivity contribution is 0.276. The van der Waals surface area contributed by atoms with Gasteiger partial charge in [-0.25, -0.2) is 4.57 Å². The van der Waals surface area contributed by atoms with Gasteiger partial charge in [0.1, 0.15) is 0 Å². The Kier molecular flexibility index (Phi) is 5.23. The van der Waals surface area contributed by atoms with Crippen molar-refractivity contribution in [3.05, 3.63) is 0 Å². The molecule has 11 heavy (non-hydrogen) atoms. The fourth-order valence-electron chi connectivity index (χ4n) is 0.433. The van der Waals surface area contributed by atoms with Crippen molar-refractivity contribution in [3.63, 3.8) is 0 Å². The predicted molar refractivity (Wildman–Crippen MR) is 42.1 cm³/mol. The van der Waals surface area contributed by atoms with E-state index in [9.17, 15) is 9.13 Å². The molecule has 5 nitrogen and oxygen atoms in total. The van der Waals surface area contributed by atoms with Crippen LogP contribution in [-0.2, 0) is 18.2 Å². The third kappa shape index (κ3) is 4.04. The molecule has 0 aliphatic rings. The third-order valence-electron chi connectivity index (χ3n) is 0.803. The molecule has 0 rings (SSSR count). The van der Waals surface area contributed by atoms with Gasteiger partial charge >= 0.3 is 15.0 Å². The molecule has 0 aliphatic heterocycles. The van der Waals surface area contributed by atoms with Crippen LogP contribution in [0.2, 0.25) is 0 Å². The van der Waals surface area contributed by atoms with E-state index >= 15 is 0 Å². The van der Waals surface area contributed by atoms with Gasteiger partial charge in [-0.05, 0) is 13.8 Å². The van der Waals surface area contributed by atoms with Crippen LogP contribution < -0.4 is 0 Å². The van der Waals surface area contributed by atoms with Gasteiger partial charge in [0.25, 0.3) is 0 Å². The summed E-state index contributed by atoms with van der Waals surface area (Å²) < 4.78 is 30.5. The van der Waals surface area contributed by atoms with Crippen molar-refractivity contribution in [2.75, 3.05) is 13.2 Å². The highest BCUT2D eigenvalue weighted by Crippen LogP contribution is 2.66. The van der Waals surface area contributed by atoms with Crippen LogP contribution in [0.1, 0.15) is 13.8 Å². The van der Waals surface area contributed by atoms with Gasteiger partial charge in [-0.1, -0.05) is 0 Å². The summed E-state index contributed by atoms with van der Waals surface area (Å²) in [5.74, 6) is 0. The minimum absolute atomic E-state index is 0.0528. The zero-order chi connectivity index (χ0) is 8.91. The molecule has 2 unspecified atom stereocenters. The quantitative estimate of drug-likeness (QED) is 0.686. The Balaban J connectivity index is 4.07. The minimum Gasteiger partial charge on any atom is -0.323 e. The van der Waals surface area contributed by atoms with Crippen molar-refractivity contribution in [2.45, 2.75) is 13.8 Å². The molecule has 0 aromatic heterocycles. The lowest BCUT2D eigenvalue weighted by atomic mass is 10.9. The van der Waals surface area contributed by atoms with Crippen LogP contribution in [0, 0.1) is 0 Å². The number of hydrogen-bond acceptors (Lipinski definition) is 4. The van der Waals surface area contributed by atoms with E-state index in [2.05, 4.69) is 9.05 Å². The maximum absolute atomic E-state index is 10.8. The second-order valence-electron chi connectivity index (χ2n) is 1.64. The molecule has 68 valence electrons. The highest BCUT2D eigenvalue weighted by atomic mass is 32.1. The highest BCUT2D eigenvalue weighted by Gasteiger charge is 2.27. The first-order chi connectivity index (χ1) is 5.04. The van der Waals surface area contributed by atoms with Crippen LogP contribution in [-0.4, -0.2) is 18.1 Å². The first-order valence-corrected chi connectivity index (χ1v) is 6.92. The van der Waals surface area contributed by atoms with Gasteiger partial charge in [-0.3, -0.25) is 4.57 Å². The SMILES string of the molecule is CCO[PH](=O)P(=O)(O)OCC. The lowest BCUT2D eigenvalue weighted by Crippen LogP contribution is -1.86. The Morgan fingerprint density at radius 3 is 2.36 bits per heavy atom. The molecular weight excluding hydrogens is 190 g/mol. The van der Waals surface area contributed by atoms with Gasteiger partial charge in [0.05, 0.1) is 13.2 Å². The summed E-state index contributed by atoms with van der Waals surface area (Å²) in [4.78, 5) is 8.86. The topological polar surface area (TPSA) is 72.8 Å². The van der Waals surface area contributed by atoms with Crippen LogP contribution in [0.4, 0.5) is 0 Å². The van der Waals surface area contributed by atoms with Crippen molar-refractivity contribution in [2.24, 2.45) is 0 Å². The molecule has 0 aliphatic carbocycles. The smallest absolute Gasteiger partial charge is 0.323 e. The summed E-state index contributed by atoms with van der Waals surface area (Å²) in [6, 6.07) is 0. The zero-order valence-electron chi connectivity index (χ0n) is 6.44. The van der Waals surface area contributed by atoms with E-state index in [0.29, 0.717) is 0 Å². The van der Waals surface area contributed by atoms with E-state index in [1.165, 1.54) is 0 Å². The van der Waals surface area contributed by atoms with Gasteiger partial charge in [0.2, 0.25) is 0 Å². The molecule has 0 radical (unpaired) electrons. The molecule has 0 bridgehead atoms. The number of rotatable bonds is 5. The minimum atomic E-state index is -3.98. The van der Waals surface area contributed by atoms with Gasteiger partial charge in [0.15, 0.2) is 0 Å². The maximum Gasteiger partial charge on any atom is 0.407 e. The Bertz CT molecular complexity index is 179. The number of hydrogen-bond donors (Lipinski definition) is 1. The molecule has 0 fully saturated rings. The van der Waals surface area contributed by atoms with Crippen molar-refractivity contribution < 1.29 is 23.1 Å². The Hall–Kier alpha value is 0.340. The molecule has 0 amide bonds. The summed E-state index contributed by atoms with van der Waals surface area (Å²) in [6.07, 6.45) is 0. The van der Waals surface area contributed by atoms with Crippen molar-refractivity contribution in [3.8, 4) is 0 Å². The van der Waals surface area contributed by atoms with E-state index < -0.39 is 15.0 Å². The lowest BCUT2D eigenvalue weighted by Gasteiger charge is -2.08. The second kappa shape index (κ2) is 5.07. The predicted octanol–water partition coefficient (Wildman–Crippen LogP) is 1.63. The monoisotopic (exact) mass is 202 g/mol. The standard InChI is InChI=1S/C4H12O5P2/c1-3-8-10(5)11(6,7)9-4-2/h10H,3-4H2,1-2H3,(H,6,7). The van der Waals surface area contributed by atoms with Crippen LogP contribution in [0.5, 0.6) is 0 Å². The van der Waals surface area contributed by atoms with Crippen LogP contribution in [0.3, 0.4) is 0 Å². The Labute approximate surface area is 66.0 Å². The molecule has 2 atom stereocenters. The molecule has 0 aromatic rings. The zero-order valence-corrected chi connectivity index (χ0v) is 8.34. The Morgan fingerprint density at radius 2 is 2.00 bits per heavy atom. The molecule has 0 saturated carbocycles. The van der Waals surface area contributed by atoms with Gasteiger partial charge < -0.3 is 13.9 Å². The van der Waals surface area contributed by atoms with E-state index in [0.717, 1.165) is 0 Å². The maximum atomic E-state index is 10.8. The van der Waals surface area contributed by atoms with Crippen LogP contribution >= 0.6 is 15.0 Å². The molecule has 0 spiro atoms. The first kappa shape index (κ1) is 11.3. The molecule has 0 saturated heterocycles. The molecule has 0 heterocycles. The molecule has 7 heteroatoms. The fourth-order valence-corrected chi connectivity index (χ4v) is 2.88. The van der Waals surface area contributed by atoms with E-state index in [4.69, 9.17) is 4.89 Å². The molecule has 1 N–H and O–H groups in total. The van der Waals surface area contributed by atoms with Gasteiger partial charge in [0, 0.05) is 0 Å². The van der Waals surface area contributed by atoms with Gasteiger partial charge in [-0.15, -0.1) is 0 Å². The fraction of sp³-hybridized carbons (Fsp3) is 1.00.